The normalized spacial score (nSPS) is 16.7. The first-order chi connectivity index (χ1) is 13.2. The maximum Gasteiger partial charge on any atom is 0.237 e. The molecule has 1 aliphatic heterocycles. The third-order valence-corrected chi connectivity index (χ3v) is 5.87. The summed E-state index contributed by atoms with van der Waals surface area (Å²) in [6.07, 6.45) is 5.07. The topological polar surface area (TPSA) is 58.1 Å². The molecule has 1 atom stereocenters. The average molecular weight is 379 g/mol. The van der Waals surface area contributed by atoms with Gasteiger partial charge in [-0.15, -0.1) is 11.3 Å². The molecule has 0 bridgehead atoms. The van der Waals surface area contributed by atoms with Crippen molar-refractivity contribution in [3.05, 3.63) is 71.0 Å². The van der Waals surface area contributed by atoms with Crippen LogP contribution in [0.5, 0.6) is 0 Å². The van der Waals surface area contributed by atoms with E-state index in [4.69, 9.17) is 0 Å². The second-order valence-electron chi connectivity index (χ2n) is 6.83. The van der Waals surface area contributed by atoms with Gasteiger partial charge in [0.25, 0.3) is 0 Å². The number of aromatic nitrogens is 2. The van der Waals surface area contributed by atoms with E-state index in [1.165, 1.54) is 11.1 Å². The molecule has 5 nitrogen and oxygen atoms in total. The van der Waals surface area contributed by atoms with Crippen molar-refractivity contribution < 1.29 is 4.79 Å². The first-order valence-corrected chi connectivity index (χ1v) is 9.98. The highest BCUT2D eigenvalue weighted by Crippen LogP contribution is 2.23. The molecule has 4 rings (SSSR count). The van der Waals surface area contributed by atoms with Gasteiger partial charge in [0.1, 0.15) is 5.01 Å². The van der Waals surface area contributed by atoms with E-state index in [1.807, 2.05) is 31.4 Å². The third kappa shape index (κ3) is 4.07. The summed E-state index contributed by atoms with van der Waals surface area (Å²) in [5.74, 6) is 0.0923. The van der Waals surface area contributed by atoms with Gasteiger partial charge in [-0.3, -0.25) is 14.7 Å². The lowest BCUT2D eigenvalue weighted by Crippen LogP contribution is -2.48. The molecule has 0 spiro atoms. The predicted octanol–water partition coefficient (Wildman–Crippen LogP) is 2.92. The van der Waals surface area contributed by atoms with E-state index < -0.39 is 0 Å². The number of nitrogens with one attached hydrogen (secondary N) is 1. The van der Waals surface area contributed by atoms with Crippen LogP contribution in [-0.2, 0) is 24.2 Å². The van der Waals surface area contributed by atoms with Gasteiger partial charge in [0, 0.05) is 42.8 Å². The number of likely N-dealkylation sites (N-methyl/N-ethyl adjacent to an activating group) is 1. The maximum absolute atomic E-state index is 12.7. The van der Waals surface area contributed by atoms with Crippen LogP contribution in [0.25, 0.3) is 10.6 Å². The summed E-state index contributed by atoms with van der Waals surface area (Å²) in [5, 5.41) is 6.10. The number of carbonyl (C=O) groups excluding carboxylic acids is 1. The van der Waals surface area contributed by atoms with Crippen LogP contribution < -0.4 is 5.32 Å². The van der Waals surface area contributed by atoms with Crippen LogP contribution in [0, 0.1) is 0 Å². The van der Waals surface area contributed by atoms with E-state index in [0.717, 1.165) is 35.7 Å². The predicted molar refractivity (Wildman–Crippen MR) is 107 cm³/mol. The fourth-order valence-electron chi connectivity index (χ4n) is 3.42. The van der Waals surface area contributed by atoms with Crippen LogP contribution in [0.1, 0.15) is 16.8 Å². The molecular weight excluding hydrogens is 356 g/mol. The molecule has 3 heterocycles. The van der Waals surface area contributed by atoms with Gasteiger partial charge < -0.3 is 5.32 Å². The lowest BCUT2D eigenvalue weighted by molar-refractivity contribution is -0.126. The quantitative estimate of drug-likeness (QED) is 0.742. The van der Waals surface area contributed by atoms with Crippen molar-refractivity contribution in [3.8, 4) is 10.6 Å². The first kappa shape index (κ1) is 17.8. The van der Waals surface area contributed by atoms with Crippen molar-refractivity contribution in [2.45, 2.75) is 25.4 Å². The lowest BCUT2D eigenvalue weighted by atomic mass is 9.94. The van der Waals surface area contributed by atoms with Gasteiger partial charge in [0.05, 0.1) is 11.7 Å². The molecule has 1 N–H and O–H groups in total. The molecule has 6 heteroatoms. The molecule has 0 aliphatic carbocycles. The number of hydrogen-bond acceptors (Lipinski definition) is 5. The molecule has 0 fully saturated rings. The summed E-state index contributed by atoms with van der Waals surface area (Å²) in [6.45, 7) is 1.41. The molecule has 0 saturated heterocycles. The average Bonchev–Trinajstić information content (AvgIpc) is 3.17. The minimum atomic E-state index is -0.110. The monoisotopic (exact) mass is 378 g/mol. The van der Waals surface area contributed by atoms with Crippen molar-refractivity contribution in [1.82, 2.24) is 20.2 Å². The Hall–Kier alpha value is -2.57. The first-order valence-electron chi connectivity index (χ1n) is 9.10. The van der Waals surface area contributed by atoms with Crippen LogP contribution in [0.15, 0.2) is 54.2 Å². The SMILES string of the molecule is CN1Cc2ccccc2C[C@H]1C(=O)NCCc1csc(-c2cccnc2)n1. The Kier molecular flexibility index (Phi) is 5.27. The molecule has 1 aromatic carbocycles. The molecule has 138 valence electrons. The van der Waals surface area contributed by atoms with Crippen LogP contribution in [-0.4, -0.2) is 40.4 Å². The smallest absolute Gasteiger partial charge is 0.237 e. The fraction of sp³-hybridized carbons (Fsp3) is 0.286. The third-order valence-electron chi connectivity index (χ3n) is 4.93. The molecule has 1 aliphatic rings. The second-order valence-corrected chi connectivity index (χ2v) is 7.69. The Morgan fingerprint density at radius 2 is 2.11 bits per heavy atom. The van der Waals surface area contributed by atoms with Crippen LogP contribution >= 0.6 is 11.3 Å². The van der Waals surface area contributed by atoms with E-state index in [-0.39, 0.29) is 11.9 Å². The molecule has 27 heavy (non-hydrogen) atoms. The zero-order valence-electron chi connectivity index (χ0n) is 15.3. The van der Waals surface area contributed by atoms with Gasteiger partial charge in [-0.05, 0) is 36.7 Å². The number of fused-ring (bicyclic) bond motifs is 1. The Morgan fingerprint density at radius 3 is 2.93 bits per heavy atom. The number of rotatable bonds is 5. The summed E-state index contributed by atoms with van der Waals surface area (Å²) in [6, 6.07) is 12.2. The number of benzene rings is 1. The van der Waals surface area contributed by atoms with Crippen molar-refractivity contribution >= 4 is 17.2 Å². The van der Waals surface area contributed by atoms with Gasteiger partial charge in [-0.1, -0.05) is 24.3 Å². The number of carbonyl (C=O) groups is 1. The van der Waals surface area contributed by atoms with Crippen molar-refractivity contribution in [2.24, 2.45) is 0 Å². The van der Waals surface area contributed by atoms with Gasteiger partial charge in [-0.25, -0.2) is 4.98 Å². The van der Waals surface area contributed by atoms with Gasteiger partial charge in [0.15, 0.2) is 0 Å². The number of nitrogens with zero attached hydrogens (tertiary/aromatic N) is 3. The highest BCUT2D eigenvalue weighted by Gasteiger charge is 2.28. The summed E-state index contributed by atoms with van der Waals surface area (Å²) in [7, 11) is 2.01. The number of thiazole rings is 1. The molecule has 0 unspecified atom stereocenters. The highest BCUT2D eigenvalue weighted by atomic mass is 32.1. The number of amides is 1. The molecule has 1 amide bonds. The largest absolute Gasteiger partial charge is 0.354 e. The molecule has 3 aromatic rings. The molecule has 0 saturated carbocycles. The number of hydrogen-bond donors (Lipinski definition) is 1. The van der Waals surface area contributed by atoms with Crippen LogP contribution in [0.3, 0.4) is 0 Å². The van der Waals surface area contributed by atoms with Crippen molar-refractivity contribution in [1.29, 1.82) is 0 Å². The van der Waals surface area contributed by atoms with Crippen LogP contribution in [0.4, 0.5) is 0 Å². The Morgan fingerprint density at radius 1 is 1.26 bits per heavy atom. The lowest BCUT2D eigenvalue weighted by Gasteiger charge is -2.33. The van der Waals surface area contributed by atoms with Gasteiger partial charge in [-0.2, -0.15) is 0 Å². The fourth-order valence-corrected chi connectivity index (χ4v) is 4.27. The maximum atomic E-state index is 12.7. The summed E-state index contributed by atoms with van der Waals surface area (Å²) in [4.78, 5) is 23.6. The molecule has 0 radical (unpaired) electrons. The zero-order chi connectivity index (χ0) is 18.6. The second kappa shape index (κ2) is 7.98. The highest BCUT2D eigenvalue weighted by molar-refractivity contribution is 7.13. The number of pyridine rings is 1. The zero-order valence-corrected chi connectivity index (χ0v) is 16.1. The van der Waals surface area contributed by atoms with Crippen LogP contribution in [0.2, 0.25) is 0 Å². The Bertz CT molecular complexity index is 925. The van der Waals surface area contributed by atoms with E-state index in [2.05, 4.69) is 43.8 Å². The van der Waals surface area contributed by atoms with Crippen molar-refractivity contribution in [2.75, 3.05) is 13.6 Å². The Labute approximate surface area is 163 Å². The van der Waals surface area contributed by atoms with Crippen molar-refractivity contribution in [3.63, 3.8) is 0 Å². The van der Waals surface area contributed by atoms with E-state index in [9.17, 15) is 4.79 Å². The van der Waals surface area contributed by atoms with E-state index in [0.29, 0.717) is 6.54 Å². The van der Waals surface area contributed by atoms with E-state index >= 15 is 0 Å². The minimum Gasteiger partial charge on any atom is -0.354 e. The standard InChI is InChI=1S/C21H22N4OS/c1-25-13-17-6-3-2-5-15(17)11-19(25)20(26)23-10-8-18-14-27-21(24-18)16-7-4-9-22-12-16/h2-7,9,12,14,19H,8,10-11,13H2,1H3,(H,23,26)/t19-/m0/s1. The minimum absolute atomic E-state index is 0.0923. The summed E-state index contributed by atoms with van der Waals surface area (Å²) < 4.78 is 0. The summed E-state index contributed by atoms with van der Waals surface area (Å²) >= 11 is 1.61. The summed E-state index contributed by atoms with van der Waals surface area (Å²) in [5.41, 5.74) is 4.62. The molecule has 2 aromatic heterocycles. The van der Waals surface area contributed by atoms with Gasteiger partial charge in [0.2, 0.25) is 5.91 Å². The Balaban J connectivity index is 1.32. The van der Waals surface area contributed by atoms with Gasteiger partial charge >= 0.3 is 0 Å². The van der Waals surface area contributed by atoms with E-state index in [1.54, 1.807) is 17.5 Å². The molecular formula is C21H22N4OS.